The number of nitrogens with two attached hydrogens (primary N) is 1. The predicted molar refractivity (Wildman–Crippen MR) is 74.6 cm³/mol. The lowest BCUT2D eigenvalue weighted by Gasteiger charge is -2.23. The van der Waals surface area contributed by atoms with Gasteiger partial charge in [-0.2, -0.15) is 0 Å². The van der Waals surface area contributed by atoms with E-state index in [0.29, 0.717) is 17.6 Å². The van der Waals surface area contributed by atoms with E-state index in [0.717, 1.165) is 29.7 Å². The van der Waals surface area contributed by atoms with E-state index >= 15 is 0 Å². The molecule has 98 valence electrons. The number of hydrogen-bond donors (Lipinski definition) is 1. The zero-order chi connectivity index (χ0) is 13.4. The van der Waals surface area contributed by atoms with Crippen molar-refractivity contribution in [3.63, 3.8) is 0 Å². The maximum atomic E-state index is 12.6. The van der Waals surface area contributed by atoms with Crippen molar-refractivity contribution in [1.29, 1.82) is 0 Å². The molecule has 0 aliphatic carbocycles. The van der Waals surface area contributed by atoms with Crippen molar-refractivity contribution in [1.82, 2.24) is 4.90 Å². The molecule has 0 bridgehead atoms. The van der Waals surface area contributed by atoms with E-state index < -0.39 is 0 Å². The van der Waals surface area contributed by atoms with E-state index in [1.165, 1.54) is 0 Å². The zero-order valence-electron chi connectivity index (χ0n) is 11.7. The quantitative estimate of drug-likeness (QED) is 0.774. The van der Waals surface area contributed by atoms with Crippen molar-refractivity contribution in [2.75, 3.05) is 12.3 Å². The number of hydrogen-bond acceptors (Lipinski definition) is 2. The molecule has 2 rings (SSSR count). The summed E-state index contributed by atoms with van der Waals surface area (Å²) in [6.07, 6.45) is 1.09. The van der Waals surface area contributed by atoms with Gasteiger partial charge in [0.25, 0.3) is 5.91 Å². The van der Waals surface area contributed by atoms with Crippen molar-refractivity contribution in [2.45, 2.75) is 40.2 Å². The van der Waals surface area contributed by atoms with Crippen LogP contribution in [-0.2, 0) is 0 Å². The maximum absolute atomic E-state index is 12.6. The third-order valence-corrected chi connectivity index (χ3v) is 3.89. The minimum Gasteiger partial charge on any atom is -0.398 e. The molecule has 0 radical (unpaired) electrons. The van der Waals surface area contributed by atoms with E-state index in [-0.39, 0.29) is 5.91 Å². The third kappa shape index (κ3) is 2.22. The molecular formula is C15H22N2O. The van der Waals surface area contributed by atoms with Crippen molar-refractivity contribution >= 4 is 11.6 Å². The Morgan fingerprint density at radius 2 is 1.94 bits per heavy atom. The minimum absolute atomic E-state index is 0.121. The Kier molecular flexibility index (Phi) is 3.33. The molecule has 1 fully saturated rings. The number of carbonyl (C=O) groups excluding carboxylic acids is 1. The molecular weight excluding hydrogens is 224 g/mol. The van der Waals surface area contributed by atoms with Gasteiger partial charge in [0.15, 0.2) is 0 Å². The van der Waals surface area contributed by atoms with Crippen LogP contribution in [0, 0.1) is 19.8 Å². The second-order valence-corrected chi connectivity index (χ2v) is 5.67. The lowest BCUT2D eigenvalue weighted by Crippen LogP contribution is -2.34. The summed E-state index contributed by atoms with van der Waals surface area (Å²) in [7, 11) is 0. The fraction of sp³-hybridized carbons (Fsp3) is 0.533. The predicted octanol–water partition coefficient (Wildman–Crippen LogP) is 2.76. The molecule has 0 aromatic heterocycles. The first kappa shape index (κ1) is 12.9. The molecule has 2 atom stereocenters. The molecule has 1 aromatic carbocycles. The number of anilines is 1. The van der Waals surface area contributed by atoms with Crippen LogP contribution in [0.25, 0.3) is 0 Å². The molecule has 0 spiro atoms. The molecule has 1 aliphatic heterocycles. The lowest BCUT2D eigenvalue weighted by atomic mass is 10.0. The molecule has 3 nitrogen and oxygen atoms in total. The number of likely N-dealkylation sites (tertiary alicyclic amines) is 1. The molecule has 18 heavy (non-hydrogen) atoms. The second-order valence-electron chi connectivity index (χ2n) is 5.67. The number of benzene rings is 1. The van der Waals surface area contributed by atoms with Gasteiger partial charge >= 0.3 is 0 Å². The Balaban J connectivity index is 2.32. The van der Waals surface area contributed by atoms with Crippen LogP contribution >= 0.6 is 0 Å². The summed E-state index contributed by atoms with van der Waals surface area (Å²) in [6.45, 7) is 9.11. The van der Waals surface area contributed by atoms with E-state index in [9.17, 15) is 4.79 Å². The monoisotopic (exact) mass is 246 g/mol. The SMILES string of the molecule is Cc1cc(C)c(C(=O)N2CC(C)CC2C)cc1N. The molecule has 3 heteroatoms. The highest BCUT2D eigenvalue weighted by Gasteiger charge is 2.31. The minimum atomic E-state index is 0.121. The molecule has 1 aromatic rings. The van der Waals surface area contributed by atoms with Crippen molar-refractivity contribution in [3.8, 4) is 0 Å². The molecule has 0 saturated carbocycles. The van der Waals surface area contributed by atoms with Gasteiger partial charge in [-0.15, -0.1) is 0 Å². The van der Waals surface area contributed by atoms with Gasteiger partial charge in [0.2, 0.25) is 0 Å². The van der Waals surface area contributed by atoms with Crippen LogP contribution in [0.3, 0.4) is 0 Å². The van der Waals surface area contributed by atoms with Crippen LogP contribution in [0.4, 0.5) is 5.69 Å². The van der Waals surface area contributed by atoms with Gasteiger partial charge in [0.05, 0.1) is 0 Å². The summed E-state index contributed by atoms with van der Waals surface area (Å²) < 4.78 is 0. The topological polar surface area (TPSA) is 46.3 Å². The fourth-order valence-electron chi connectivity index (χ4n) is 2.84. The van der Waals surface area contributed by atoms with Gasteiger partial charge in [-0.3, -0.25) is 4.79 Å². The summed E-state index contributed by atoms with van der Waals surface area (Å²) in [4.78, 5) is 14.5. The van der Waals surface area contributed by atoms with Gasteiger partial charge in [-0.25, -0.2) is 0 Å². The summed E-state index contributed by atoms with van der Waals surface area (Å²) >= 11 is 0. The van der Waals surface area contributed by atoms with E-state index in [1.54, 1.807) is 0 Å². The van der Waals surface area contributed by atoms with Gasteiger partial charge in [0.1, 0.15) is 0 Å². The molecule has 1 saturated heterocycles. The van der Waals surface area contributed by atoms with E-state index in [4.69, 9.17) is 5.73 Å². The Labute approximate surface area is 109 Å². The number of aryl methyl sites for hydroxylation is 2. The van der Waals surface area contributed by atoms with Crippen molar-refractivity contribution < 1.29 is 4.79 Å². The number of carbonyl (C=O) groups is 1. The average Bonchev–Trinajstić information content (AvgIpc) is 2.62. The zero-order valence-corrected chi connectivity index (χ0v) is 11.7. The van der Waals surface area contributed by atoms with Crippen molar-refractivity contribution in [2.24, 2.45) is 5.92 Å². The van der Waals surface area contributed by atoms with Crippen LogP contribution in [-0.4, -0.2) is 23.4 Å². The number of nitrogen functional groups attached to an aromatic ring is 1. The highest BCUT2D eigenvalue weighted by molar-refractivity contribution is 5.97. The van der Waals surface area contributed by atoms with Crippen LogP contribution in [0.2, 0.25) is 0 Å². The Morgan fingerprint density at radius 3 is 2.50 bits per heavy atom. The fourth-order valence-corrected chi connectivity index (χ4v) is 2.84. The van der Waals surface area contributed by atoms with Crippen molar-refractivity contribution in [3.05, 3.63) is 28.8 Å². The van der Waals surface area contributed by atoms with Crippen LogP contribution in [0.5, 0.6) is 0 Å². The van der Waals surface area contributed by atoms with E-state index in [1.807, 2.05) is 30.9 Å². The first-order valence-electron chi connectivity index (χ1n) is 6.57. The maximum Gasteiger partial charge on any atom is 0.254 e. The lowest BCUT2D eigenvalue weighted by molar-refractivity contribution is 0.0743. The molecule has 2 unspecified atom stereocenters. The van der Waals surface area contributed by atoms with Gasteiger partial charge in [-0.1, -0.05) is 13.0 Å². The second kappa shape index (κ2) is 4.63. The van der Waals surface area contributed by atoms with Crippen LogP contribution in [0.1, 0.15) is 41.8 Å². The Morgan fingerprint density at radius 1 is 1.28 bits per heavy atom. The number of rotatable bonds is 1. The normalized spacial score (nSPS) is 23.4. The van der Waals surface area contributed by atoms with E-state index in [2.05, 4.69) is 13.8 Å². The average molecular weight is 246 g/mol. The smallest absolute Gasteiger partial charge is 0.254 e. The van der Waals surface area contributed by atoms with Gasteiger partial charge in [-0.05, 0) is 50.3 Å². The molecule has 1 amide bonds. The largest absolute Gasteiger partial charge is 0.398 e. The number of nitrogens with zero attached hydrogens (tertiary/aromatic N) is 1. The Bertz CT molecular complexity index is 482. The third-order valence-electron chi connectivity index (χ3n) is 3.89. The number of amides is 1. The standard InChI is InChI=1S/C15H22N2O/c1-9-5-12(4)17(8-9)15(18)13-7-14(16)11(3)6-10(13)2/h6-7,9,12H,5,8,16H2,1-4H3. The van der Waals surface area contributed by atoms with Crippen LogP contribution in [0.15, 0.2) is 12.1 Å². The van der Waals surface area contributed by atoms with Gasteiger partial charge in [0, 0.05) is 23.8 Å². The summed E-state index contributed by atoms with van der Waals surface area (Å²) in [6, 6.07) is 4.14. The first-order valence-corrected chi connectivity index (χ1v) is 6.57. The Hall–Kier alpha value is -1.51. The van der Waals surface area contributed by atoms with Gasteiger partial charge < -0.3 is 10.6 Å². The molecule has 1 aliphatic rings. The first-order chi connectivity index (χ1) is 8.40. The highest BCUT2D eigenvalue weighted by atomic mass is 16.2. The molecule has 1 heterocycles. The summed E-state index contributed by atoms with van der Waals surface area (Å²) in [5, 5.41) is 0. The highest BCUT2D eigenvalue weighted by Crippen LogP contribution is 2.26. The van der Waals surface area contributed by atoms with Crippen LogP contribution < -0.4 is 5.73 Å². The summed E-state index contributed by atoms with van der Waals surface area (Å²) in [5.74, 6) is 0.711. The summed E-state index contributed by atoms with van der Waals surface area (Å²) in [5.41, 5.74) is 9.41. The molecule has 2 N–H and O–H groups in total.